The van der Waals surface area contributed by atoms with Crippen LogP contribution in [0.4, 0.5) is 0 Å². The molecule has 72 valence electrons. The van der Waals surface area contributed by atoms with Crippen LogP contribution in [-0.4, -0.2) is 25.1 Å². The highest BCUT2D eigenvalue weighted by Gasteiger charge is 2.44. The van der Waals surface area contributed by atoms with E-state index in [1.54, 1.807) is 0 Å². The van der Waals surface area contributed by atoms with Gasteiger partial charge < -0.3 is 0 Å². The molecule has 0 amide bonds. The number of hydrazine groups is 1. The number of piperidine rings is 1. The number of rotatable bonds is 1. The smallest absolute Gasteiger partial charge is 0.0136 e. The van der Waals surface area contributed by atoms with Crippen LogP contribution in [0.25, 0.3) is 0 Å². The lowest BCUT2D eigenvalue weighted by Gasteiger charge is -2.30. The van der Waals surface area contributed by atoms with Crippen molar-refractivity contribution >= 4 is 0 Å². The SMILES string of the molecule is CC.CNN1CCC2(CC1)CC2. The van der Waals surface area contributed by atoms with Gasteiger partial charge in [0.1, 0.15) is 0 Å². The van der Waals surface area contributed by atoms with E-state index in [0.717, 1.165) is 5.41 Å². The number of hydrogen-bond donors (Lipinski definition) is 1. The van der Waals surface area contributed by atoms with E-state index >= 15 is 0 Å². The zero-order valence-electron chi connectivity index (χ0n) is 8.69. The summed E-state index contributed by atoms with van der Waals surface area (Å²) in [4.78, 5) is 0. The summed E-state index contributed by atoms with van der Waals surface area (Å²) in [7, 11) is 2.02. The van der Waals surface area contributed by atoms with Crippen LogP contribution >= 0.6 is 0 Å². The lowest BCUT2D eigenvalue weighted by molar-refractivity contribution is 0.128. The molecule has 1 saturated heterocycles. The van der Waals surface area contributed by atoms with E-state index in [1.165, 1.54) is 38.8 Å². The maximum Gasteiger partial charge on any atom is 0.0136 e. The third kappa shape index (κ3) is 2.20. The molecular formula is C10H22N2. The molecule has 2 aliphatic rings. The monoisotopic (exact) mass is 170 g/mol. The summed E-state index contributed by atoms with van der Waals surface area (Å²) in [5.74, 6) is 0. The van der Waals surface area contributed by atoms with E-state index < -0.39 is 0 Å². The molecule has 1 saturated carbocycles. The van der Waals surface area contributed by atoms with Gasteiger partial charge in [0.05, 0.1) is 0 Å². The maximum absolute atomic E-state index is 3.20. The van der Waals surface area contributed by atoms with Crippen LogP contribution in [0.3, 0.4) is 0 Å². The summed E-state index contributed by atoms with van der Waals surface area (Å²) in [6.45, 7) is 6.52. The second kappa shape index (κ2) is 4.24. The first-order valence-corrected chi connectivity index (χ1v) is 5.27. The van der Waals surface area contributed by atoms with Crippen molar-refractivity contribution in [2.75, 3.05) is 20.1 Å². The minimum atomic E-state index is 0.827. The van der Waals surface area contributed by atoms with Gasteiger partial charge in [0.15, 0.2) is 0 Å². The molecule has 2 fully saturated rings. The molecule has 1 spiro atoms. The standard InChI is InChI=1S/C8H16N2.C2H6/c1-9-10-6-4-8(2-3-8)5-7-10;1-2/h9H,2-7H2,1H3;1-2H3. The highest BCUT2D eigenvalue weighted by molar-refractivity contribution is 4.96. The summed E-state index contributed by atoms with van der Waals surface area (Å²) in [5.41, 5.74) is 4.03. The Kier molecular flexibility index (Phi) is 3.53. The zero-order valence-corrected chi connectivity index (χ0v) is 8.69. The fourth-order valence-corrected chi connectivity index (χ4v) is 1.88. The molecule has 1 N–H and O–H groups in total. The van der Waals surface area contributed by atoms with Gasteiger partial charge in [0, 0.05) is 13.1 Å². The summed E-state index contributed by atoms with van der Waals surface area (Å²) in [6, 6.07) is 0. The van der Waals surface area contributed by atoms with Gasteiger partial charge in [-0.1, -0.05) is 13.8 Å². The molecule has 0 atom stereocenters. The van der Waals surface area contributed by atoms with Crippen LogP contribution in [0.15, 0.2) is 0 Å². The molecular weight excluding hydrogens is 148 g/mol. The van der Waals surface area contributed by atoms with Crippen molar-refractivity contribution in [2.45, 2.75) is 39.5 Å². The predicted molar refractivity (Wildman–Crippen MR) is 52.9 cm³/mol. The van der Waals surface area contributed by atoms with Crippen molar-refractivity contribution in [3.63, 3.8) is 0 Å². The molecule has 0 bridgehead atoms. The third-order valence-corrected chi connectivity index (χ3v) is 3.10. The van der Waals surface area contributed by atoms with Crippen molar-refractivity contribution in [3.8, 4) is 0 Å². The van der Waals surface area contributed by atoms with Gasteiger partial charge in [-0.25, -0.2) is 5.01 Å². The maximum atomic E-state index is 3.20. The minimum Gasteiger partial charge on any atom is -0.258 e. The lowest BCUT2D eigenvalue weighted by atomic mass is 9.95. The normalized spacial score (nSPS) is 26.2. The van der Waals surface area contributed by atoms with Crippen LogP contribution in [0.2, 0.25) is 0 Å². The van der Waals surface area contributed by atoms with E-state index in [-0.39, 0.29) is 0 Å². The Balaban J connectivity index is 0.000000336. The second-order valence-corrected chi connectivity index (χ2v) is 3.71. The molecule has 2 rings (SSSR count). The molecule has 2 nitrogen and oxygen atoms in total. The van der Waals surface area contributed by atoms with Gasteiger partial charge >= 0.3 is 0 Å². The first-order valence-electron chi connectivity index (χ1n) is 5.27. The Morgan fingerprint density at radius 2 is 1.50 bits per heavy atom. The van der Waals surface area contributed by atoms with Crippen molar-refractivity contribution in [3.05, 3.63) is 0 Å². The number of nitrogens with zero attached hydrogens (tertiary/aromatic N) is 1. The third-order valence-electron chi connectivity index (χ3n) is 3.10. The molecule has 1 aliphatic heterocycles. The van der Waals surface area contributed by atoms with Gasteiger partial charge in [0.25, 0.3) is 0 Å². The Labute approximate surface area is 76.3 Å². The summed E-state index contributed by atoms with van der Waals surface area (Å²) >= 11 is 0. The fraction of sp³-hybridized carbons (Fsp3) is 1.00. The van der Waals surface area contributed by atoms with Gasteiger partial charge in [-0.15, -0.1) is 0 Å². The van der Waals surface area contributed by atoms with Crippen molar-refractivity contribution < 1.29 is 0 Å². The average Bonchev–Trinajstić information content (AvgIpc) is 2.90. The van der Waals surface area contributed by atoms with Crippen LogP contribution in [0.5, 0.6) is 0 Å². The minimum absolute atomic E-state index is 0.827. The van der Waals surface area contributed by atoms with Crippen molar-refractivity contribution in [2.24, 2.45) is 5.41 Å². The highest BCUT2D eigenvalue weighted by Crippen LogP contribution is 2.53. The summed E-state index contributed by atoms with van der Waals surface area (Å²) in [5, 5.41) is 2.32. The predicted octanol–water partition coefficient (Wildman–Crippen LogP) is 2.02. The number of hydrogen-bond acceptors (Lipinski definition) is 2. The van der Waals surface area contributed by atoms with Crippen molar-refractivity contribution in [1.82, 2.24) is 10.4 Å². The first-order chi connectivity index (χ1) is 5.85. The Bertz CT molecular complexity index is 120. The molecule has 12 heavy (non-hydrogen) atoms. The molecule has 1 heterocycles. The molecule has 1 aliphatic carbocycles. The van der Waals surface area contributed by atoms with Crippen molar-refractivity contribution in [1.29, 1.82) is 0 Å². The van der Waals surface area contributed by atoms with Crippen LogP contribution in [-0.2, 0) is 0 Å². The van der Waals surface area contributed by atoms with Crippen LogP contribution in [0, 0.1) is 5.41 Å². The molecule has 0 radical (unpaired) electrons. The van der Waals surface area contributed by atoms with E-state index in [0.29, 0.717) is 0 Å². The largest absolute Gasteiger partial charge is 0.258 e. The fourth-order valence-electron chi connectivity index (χ4n) is 1.88. The number of nitrogens with one attached hydrogen (secondary N) is 1. The Hall–Kier alpha value is -0.0800. The molecule has 0 aromatic rings. The quantitative estimate of drug-likeness (QED) is 0.647. The van der Waals surface area contributed by atoms with E-state index in [4.69, 9.17) is 0 Å². The molecule has 0 unspecified atom stereocenters. The van der Waals surface area contributed by atoms with E-state index in [1.807, 2.05) is 20.9 Å². The molecule has 0 aromatic carbocycles. The molecule has 0 aromatic heterocycles. The second-order valence-electron chi connectivity index (χ2n) is 3.71. The van der Waals surface area contributed by atoms with Crippen LogP contribution in [0.1, 0.15) is 39.5 Å². The first kappa shape index (κ1) is 10.0. The van der Waals surface area contributed by atoms with Gasteiger partial charge in [-0.3, -0.25) is 5.43 Å². The van der Waals surface area contributed by atoms with Crippen LogP contribution < -0.4 is 5.43 Å². The van der Waals surface area contributed by atoms with Gasteiger partial charge in [0.2, 0.25) is 0 Å². The summed E-state index contributed by atoms with van der Waals surface area (Å²) < 4.78 is 0. The Morgan fingerprint density at radius 3 is 1.83 bits per heavy atom. The average molecular weight is 170 g/mol. The molecule has 2 heteroatoms. The Morgan fingerprint density at radius 1 is 1.00 bits per heavy atom. The lowest BCUT2D eigenvalue weighted by Crippen LogP contribution is -2.42. The zero-order chi connectivity index (χ0) is 9.03. The van der Waals surface area contributed by atoms with Gasteiger partial charge in [-0.05, 0) is 38.1 Å². The highest BCUT2D eigenvalue weighted by atomic mass is 15.5. The van der Waals surface area contributed by atoms with Gasteiger partial charge in [-0.2, -0.15) is 0 Å². The topological polar surface area (TPSA) is 15.3 Å². The van der Waals surface area contributed by atoms with E-state index in [2.05, 4.69) is 10.4 Å². The summed E-state index contributed by atoms with van der Waals surface area (Å²) in [6.07, 6.45) is 5.86. The van der Waals surface area contributed by atoms with E-state index in [9.17, 15) is 0 Å².